The van der Waals surface area contributed by atoms with Gasteiger partial charge < -0.3 is 4.74 Å². The third-order valence-electron chi connectivity index (χ3n) is 2.28. The largest absolute Gasteiger partial charge is 0.465 e. The number of pyridine rings is 2. The molecule has 0 spiro atoms. The van der Waals surface area contributed by atoms with Gasteiger partial charge >= 0.3 is 5.97 Å². The van der Waals surface area contributed by atoms with E-state index in [9.17, 15) is 4.79 Å². The Morgan fingerprint density at radius 2 is 1.89 bits per heavy atom. The summed E-state index contributed by atoms with van der Waals surface area (Å²) >= 11 is 11.7. The summed E-state index contributed by atoms with van der Waals surface area (Å²) in [7, 11) is 1.28. The molecule has 0 saturated heterocycles. The van der Waals surface area contributed by atoms with E-state index in [2.05, 4.69) is 14.7 Å². The van der Waals surface area contributed by atoms with Gasteiger partial charge in [0.15, 0.2) is 0 Å². The number of esters is 1. The Labute approximate surface area is 114 Å². The van der Waals surface area contributed by atoms with Gasteiger partial charge in [-0.05, 0) is 12.1 Å². The minimum absolute atomic E-state index is 0.0978. The molecule has 0 aliphatic rings. The van der Waals surface area contributed by atoms with Crippen LogP contribution in [0.1, 0.15) is 10.4 Å². The summed E-state index contributed by atoms with van der Waals surface area (Å²) in [6.07, 6.45) is 4.69. The monoisotopic (exact) mass is 282 g/mol. The second-order valence-corrected chi connectivity index (χ2v) is 4.24. The summed E-state index contributed by atoms with van der Waals surface area (Å²) in [5, 5.41) is 0.600. The molecule has 0 aromatic carbocycles. The topological polar surface area (TPSA) is 52.1 Å². The molecule has 0 bridgehead atoms. The SMILES string of the molecule is COC(=O)c1cc(-c2cncc(Cl)c2)cnc1Cl. The average molecular weight is 283 g/mol. The lowest BCUT2D eigenvalue weighted by Gasteiger charge is -2.05. The van der Waals surface area contributed by atoms with E-state index < -0.39 is 5.97 Å². The van der Waals surface area contributed by atoms with Gasteiger partial charge in [0.05, 0.1) is 17.7 Å². The van der Waals surface area contributed by atoms with Gasteiger partial charge in [-0.25, -0.2) is 9.78 Å². The number of nitrogens with zero attached hydrogens (tertiary/aromatic N) is 2. The van der Waals surface area contributed by atoms with Gasteiger partial charge in [-0.3, -0.25) is 4.98 Å². The molecule has 0 aliphatic heterocycles. The number of halogens is 2. The van der Waals surface area contributed by atoms with E-state index in [1.165, 1.54) is 13.3 Å². The molecule has 2 aromatic heterocycles. The first-order chi connectivity index (χ1) is 8.61. The van der Waals surface area contributed by atoms with E-state index >= 15 is 0 Å². The van der Waals surface area contributed by atoms with Crippen LogP contribution >= 0.6 is 23.2 Å². The number of carbonyl (C=O) groups excluding carboxylic acids is 1. The summed E-state index contributed by atoms with van der Waals surface area (Å²) in [6.45, 7) is 0. The number of carbonyl (C=O) groups is 1. The highest BCUT2D eigenvalue weighted by atomic mass is 35.5. The van der Waals surface area contributed by atoms with Crippen LogP contribution < -0.4 is 0 Å². The van der Waals surface area contributed by atoms with Crippen molar-refractivity contribution in [2.24, 2.45) is 0 Å². The van der Waals surface area contributed by atoms with E-state index in [0.29, 0.717) is 10.6 Å². The zero-order chi connectivity index (χ0) is 13.1. The zero-order valence-electron chi connectivity index (χ0n) is 9.35. The first kappa shape index (κ1) is 12.8. The third-order valence-corrected chi connectivity index (χ3v) is 2.79. The Balaban J connectivity index is 2.50. The molecule has 0 atom stereocenters. The fourth-order valence-electron chi connectivity index (χ4n) is 1.43. The maximum atomic E-state index is 11.5. The third kappa shape index (κ3) is 2.60. The highest BCUT2D eigenvalue weighted by Crippen LogP contribution is 2.24. The quantitative estimate of drug-likeness (QED) is 0.627. The van der Waals surface area contributed by atoms with E-state index in [1.807, 2.05) is 0 Å². The number of aromatic nitrogens is 2. The Morgan fingerprint density at radius 1 is 1.17 bits per heavy atom. The summed E-state index contributed by atoms with van der Waals surface area (Å²) in [5.41, 5.74) is 1.64. The van der Waals surface area contributed by atoms with Gasteiger partial charge in [0.1, 0.15) is 5.15 Å². The zero-order valence-corrected chi connectivity index (χ0v) is 10.9. The lowest BCUT2D eigenvalue weighted by molar-refractivity contribution is 0.0600. The van der Waals surface area contributed by atoms with Crippen molar-refractivity contribution in [2.45, 2.75) is 0 Å². The molecule has 0 radical (unpaired) electrons. The van der Waals surface area contributed by atoms with Crippen LogP contribution in [0, 0.1) is 0 Å². The molecule has 0 amide bonds. The standard InChI is InChI=1S/C12H8Cl2N2O2/c1-18-12(17)10-3-8(5-16-11(10)14)7-2-9(13)6-15-4-7/h2-6H,1H3. The predicted molar refractivity (Wildman–Crippen MR) is 68.8 cm³/mol. The highest BCUT2D eigenvalue weighted by Gasteiger charge is 2.13. The van der Waals surface area contributed by atoms with Gasteiger partial charge in [-0.1, -0.05) is 23.2 Å². The van der Waals surface area contributed by atoms with Gasteiger partial charge in [0, 0.05) is 29.7 Å². The summed E-state index contributed by atoms with van der Waals surface area (Å²) < 4.78 is 4.63. The van der Waals surface area contributed by atoms with Crippen LogP contribution in [-0.2, 0) is 4.74 Å². The summed E-state index contributed by atoms with van der Waals surface area (Å²) in [5.74, 6) is -0.538. The van der Waals surface area contributed by atoms with E-state index in [0.717, 1.165) is 5.56 Å². The van der Waals surface area contributed by atoms with Crippen LogP contribution in [-0.4, -0.2) is 23.0 Å². The molecular weight excluding hydrogens is 275 g/mol. The Morgan fingerprint density at radius 3 is 2.56 bits per heavy atom. The second-order valence-electron chi connectivity index (χ2n) is 3.45. The summed E-state index contributed by atoms with van der Waals surface area (Å²) in [4.78, 5) is 19.4. The lowest BCUT2D eigenvalue weighted by Crippen LogP contribution is -2.03. The molecule has 0 fully saturated rings. The van der Waals surface area contributed by atoms with E-state index in [-0.39, 0.29) is 10.7 Å². The van der Waals surface area contributed by atoms with Crippen molar-refractivity contribution in [2.75, 3.05) is 7.11 Å². The van der Waals surface area contributed by atoms with Crippen molar-refractivity contribution in [3.05, 3.63) is 46.5 Å². The fourth-order valence-corrected chi connectivity index (χ4v) is 1.78. The van der Waals surface area contributed by atoms with E-state index in [1.54, 1.807) is 24.5 Å². The number of hydrogen-bond donors (Lipinski definition) is 0. The predicted octanol–water partition coefficient (Wildman–Crippen LogP) is 3.24. The van der Waals surface area contributed by atoms with Crippen molar-refractivity contribution < 1.29 is 9.53 Å². The van der Waals surface area contributed by atoms with Gasteiger partial charge in [-0.15, -0.1) is 0 Å². The van der Waals surface area contributed by atoms with Gasteiger partial charge in [0.25, 0.3) is 0 Å². The number of methoxy groups -OCH3 is 1. The van der Waals surface area contributed by atoms with Crippen LogP contribution in [0.3, 0.4) is 0 Å². The molecule has 0 unspecified atom stereocenters. The van der Waals surface area contributed by atoms with Gasteiger partial charge in [0.2, 0.25) is 0 Å². The lowest BCUT2D eigenvalue weighted by atomic mass is 10.1. The van der Waals surface area contributed by atoms with Crippen molar-refractivity contribution in [1.29, 1.82) is 0 Å². The van der Waals surface area contributed by atoms with Crippen LogP contribution in [0.25, 0.3) is 11.1 Å². The molecule has 2 rings (SSSR count). The number of hydrogen-bond acceptors (Lipinski definition) is 4. The number of rotatable bonds is 2. The minimum Gasteiger partial charge on any atom is -0.465 e. The molecule has 4 nitrogen and oxygen atoms in total. The average Bonchev–Trinajstić information content (AvgIpc) is 2.38. The van der Waals surface area contributed by atoms with Crippen molar-refractivity contribution in [3.63, 3.8) is 0 Å². The first-order valence-electron chi connectivity index (χ1n) is 4.96. The minimum atomic E-state index is -0.538. The Hall–Kier alpha value is -1.65. The molecule has 2 heterocycles. The molecule has 92 valence electrons. The van der Waals surface area contributed by atoms with Crippen LogP contribution in [0.4, 0.5) is 0 Å². The maximum Gasteiger partial charge on any atom is 0.341 e. The summed E-state index contributed by atoms with van der Waals surface area (Å²) in [6, 6.07) is 3.31. The van der Waals surface area contributed by atoms with Crippen LogP contribution in [0.2, 0.25) is 10.2 Å². The maximum absolute atomic E-state index is 11.5. The second kappa shape index (κ2) is 5.33. The molecule has 0 aliphatic carbocycles. The van der Waals surface area contributed by atoms with Crippen LogP contribution in [0.5, 0.6) is 0 Å². The molecular formula is C12H8Cl2N2O2. The van der Waals surface area contributed by atoms with Crippen molar-refractivity contribution in [3.8, 4) is 11.1 Å². The first-order valence-corrected chi connectivity index (χ1v) is 5.72. The molecule has 6 heteroatoms. The van der Waals surface area contributed by atoms with E-state index in [4.69, 9.17) is 23.2 Å². The number of ether oxygens (including phenoxy) is 1. The highest BCUT2D eigenvalue weighted by molar-refractivity contribution is 6.32. The Bertz CT molecular complexity index is 602. The molecule has 0 saturated carbocycles. The van der Waals surface area contributed by atoms with Crippen molar-refractivity contribution >= 4 is 29.2 Å². The van der Waals surface area contributed by atoms with Crippen LogP contribution in [0.15, 0.2) is 30.7 Å². The molecule has 0 N–H and O–H groups in total. The normalized spacial score (nSPS) is 10.2. The molecule has 2 aromatic rings. The van der Waals surface area contributed by atoms with Gasteiger partial charge in [-0.2, -0.15) is 0 Å². The smallest absolute Gasteiger partial charge is 0.341 e. The Kier molecular flexibility index (Phi) is 3.79. The fraction of sp³-hybridized carbons (Fsp3) is 0.0833. The van der Waals surface area contributed by atoms with Crippen molar-refractivity contribution in [1.82, 2.24) is 9.97 Å². The molecule has 18 heavy (non-hydrogen) atoms.